The predicted molar refractivity (Wildman–Crippen MR) is 149 cm³/mol. The highest BCUT2D eigenvalue weighted by Crippen LogP contribution is 2.35. The number of amides is 2. The second-order valence-corrected chi connectivity index (χ2v) is 11.1. The molecule has 2 amide bonds. The summed E-state index contributed by atoms with van der Waals surface area (Å²) < 4.78 is 5.92. The molecule has 1 aromatic carbocycles. The maximum Gasteiger partial charge on any atom is 0.246 e. The number of piperazine rings is 1. The normalized spacial score (nSPS) is 21.9. The van der Waals surface area contributed by atoms with Gasteiger partial charge in [0.25, 0.3) is 0 Å². The van der Waals surface area contributed by atoms with E-state index in [2.05, 4.69) is 31.0 Å². The number of unbranched alkanes of at least 4 members (excludes halogenated alkanes) is 1. The predicted octanol–water partition coefficient (Wildman–Crippen LogP) is 4.69. The molecular formula is C30H41N4O4-. The molecule has 0 aromatic heterocycles. The van der Waals surface area contributed by atoms with Gasteiger partial charge < -0.3 is 25.2 Å². The monoisotopic (exact) mass is 521 g/mol. The van der Waals surface area contributed by atoms with E-state index in [1.165, 1.54) is 6.20 Å². The summed E-state index contributed by atoms with van der Waals surface area (Å²) in [6.07, 6.45) is 10.5. The zero-order chi connectivity index (χ0) is 27.3. The van der Waals surface area contributed by atoms with Gasteiger partial charge in [0.15, 0.2) is 0 Å². The number of rotatable bonds is 9. The van der Waals surface area contributed by atoms with E-state index in [-0.39, 0.29) is 11.8 Å². The van der Waals surface area contributed by atoms with Crippen LogP contribution in [0.15, 0.2) is 60.1 Å². The van der Waals surface area contributed by atoms with Crippen molar-refractivity contribution >= 4 is 11.8 Å². The van der Waals surface area contributed by atoms with Crippen LogP contribution in [0.5, 0.6) is 5.75 Å². The molecule has 3 aliphatic heterocycles. The lowest BCUT2D eigenvalue weighted by Crippen LogP contribution is -2.73. The van der Waals surface area contributed by atoms with Crippen LogP contribution in [-0.4, -0.2) is 57.9 Å². The van der Waals surface area contributed by atoms with Gasteiger partial charge in [-0.15, -0.1) is 0 Å². The number of ether oxygens (including phenoxy) is 1. The SMILES string of the molecule is CCCCN1C(=O)[C@H](CC(C)C)NC(=O)C12CCN(Cc1ccc(OC3=CC=C(C)N([O-])C=C3)cc1)CC2. The fourth-order valence-electron chi connectivity index (χ4n) is 5.44. The van der Waals surface area contributed by atoms with Gasteiger partial charge in [0.05, 0.1) is 0 Å². The molecule has 0 unspecified atom stereocenters. The molecule has 1 atom stereocenters. The van der Waals surface area contributed by atoms with Crippen LogP contribution < -0.4 is 10.1 Å². The molecule has 206 valence electrons. The highest BCUT2D eigenvalue weighted by molar-refractivity contribution is 6.00. The number of nitrogens with zero attached hydrogens (tertiary/aromatic N) is 3. The maximum atomic E-state index is 13.4. The van der Waals surface area contributed by atoms with Crippen molar-refractivity contribution in [3.63, 3.8) is 0 Å². The molecular weight excluding hydrogens is 480 g/mol. The van der Waals surface area contributed by atoms with Gasteiger partial charge in [-0.1, -0.05) is 39.3 Å². The smallest absolute Gasteiger partial charge is 0.246 e. The van der Waals surface area contributed by atoms with Crippen LogP contribution in [0.3, 0.4) is 0 Å². The number of nitrogens with one attached hydrogen (secondary N) is 1. The fourth-order valence-corrected chi connectivity index (χ4v) is 5.44. The largest absolute Gasteiger partial charge is 0.754 e. The number of hydrogen-bond acceptors (Lipinski definition) is 6. The van der Waals surface area contributed by atoms with Crippen LogP contribution in [0.1, 0.15) is 65.4 Å². The molecule has 4 rings (SSSR count). The number of piperidine rings is 1. The number of likely N-dealkylation sites (tertiary alicyclic amines) is 1. The van der Waals surface area contributed by atoms with Gasteiger partial charge in [0.2, 0.25) is 11.8 Å². The van der Waals surface area contributed by atoms with E-state index in [9.17, 15) is 14.8 Å². The Kier molecular flexibility index (Phi) is 8.95. The van der Waals surface area contributed by atoms with Crippen molar-refractivity contribution in [2.75, 3.05) is 19.6 Å². The standard InChI is InChI=1S/C30H41N4O4/c1-5-6-16-33-28(35)27(20-22(2)3)31-29(36)30(33)14-18-32(19-15-30)21-24-8-11-25(12-9-24)38-26-10-7-23(4)34(37)17-13-26/h7-13,17,22,27H,5-6,14-16,18-21H2,1-4H3,(H,31,36)/q-1/t27-/m0/s1. The molecule has 1 N–H and O–H groups in total. The van der Waals surface area contributed by atoms with Crippen LogP contribution in [0.2, 0.25) is 0 Å². The van der Waals surface area contributed by atoms with E-state index in [1.54, 1.807) is 25.2 Å². The van der Waals surface area contributed by atoms with Gasteiger partial charge in [-0.05, 0) is 80.6 Å². The Labute approximate surface area is 226 Å². The average molecular weight is 522 g/mol. The zero-order valence-electron chi connectivity index (χ0n) is 23.1. The Balaban J connectivity index is 1.37. The molecule has 3 heterocycles. The lowest BCUT2D eigenvalue weighted by Gasteiger charge is -2.52. The molecule has 0 saturated carbocycles. The van der Waals surface area contributed by atoms with E-state index in [1.807, 2.05) is 29.2 Å². The minimum Gasteiger partial charge on any atom is -0.754 e. The molecule has 38 heavy (non-hydrogen) atoms. The van der Waals surface area contributed by atoms with E-state index in [0.717, 1.165) is 43.1 Å². The van der Waals surface area contributed by atoms with Gasteiger partial charge in [0, 0.05) is 31.9 Å². The number of benzene rings is 1. The van der Waals surface area contributed by atoms with Crippen molar-refractivity contribution in [1.29, 1.82) is 0 Å². The number of carbonyl (C=O) groups is 2. The summed E-state index contributed by atoms with van der Waals surface area (Å²) in [6.45, 7) is 11.0. The topological polar surface area (TPSA) is 88.2 Å². The number of carbonyl (C=O) groups excluding carboxylic acids is 2. The molecule has 8 nitrogen and oxygen atoms in total. The van der Waals surface area contributed by atoms with E-state index in [0.29, 0.717) is 48.9 Å². The Bertz CT molecular complexity index is 1080. The van der Waals surface area contributed by atoms with Crippen LogP contribution in [-0.2, 0) is 16.1 Å². The molecule has 8 heteroatoms. The van der Waals surface area contributed by atoms with Crippen LogP contribution in [0, 0.1) is 11.1 Å². The summed E-state index contributed by atoms with van der Waals surface area (Å²) in [7, 11) is 0. The van der Waals surface area contributed by atoms with Gasteiger partial charge in [0.1, 0.15) is 23.1 Å². The molecule has 0 aliphatic carbocycles. The first-order valence-corrected chi connectivity index (χ1v) is 13.9. The third-order valence-corrected chi connectivity index (χ3v) is 7.71. The second-order valence-electron chi connectivity index (χ2n) is 11.1. The summed E-state index contributed by atoms with van der Waals surface area (Å²) in [5, 5.41) is 15.6. The van der Waals surface area contributed by atoms with E-state index in [4.69, 9.17) is 4.74 Å². The van der Waals surface area contributed by atoms with E-state index < -0.39 is 11.6 Å². The van der Waals surface area contributed by atoms with Crippen molar-refractivity contribution in [2.24, 2.45) is 5.92 Å². The van der Waals surface area contributed by atoms with Crippen LogP contribution in [0.4, 0.5) is 0 Å². The Morgan fingerprint density at radius 1 is 1.13 bits per heavy atom. The molecule has 0 bridgehead atoms. The first kappa shape index (κ1) is 27.9. The third kappa shape index (κ3) is 6.30. The van der Waals surface area contributed by atoms with Crippen molar-refractivity contribution in [1.82, 2.24) is 20.2 Å². The first-order valence-electron chi connectivity index (χ1n) is 13.9. The van der Waals surface area contributed by atoms with Crippen molar-refractivity contribution < 1.29 is 14.3 Å². The maximum absolute atomic E-state index is 13.4. The molecule has 1 spiro atoms. The second kappa shape index (κ2) is 12.2. The fraction of sp³-hybridized carbons (Fsp3) is 0.533. The Morgan fingerprint density at radius 2 is 1.84 bits per heavy atom. The van der Waals surface area contributed by atoms with Crippen molar-refractivity contribution in [3.05, 3.63) is 70.9 Å². The highest BCUT2D eigenvalue weighted by atomic mass is 16.5. The molecule has 1 aromatic rings. The van der Waals surface area contributed by atoms with Crippen molar-refractivity contribution in [3.8, 4) is 5.75 Å². The minimum absolute atomic E-state index is 0.0204. The van der Waals surface area contributed by atoms with Crippen molar-refractivity contribution in [2.45, 2.75) is 77.9 Å². The summed E-state index contributed by atoms with van der Waals surface area (Å²) >= 11 is 0. The lowest BCUT2D eigenvalue weighted by atomic mass is 9.80. The van der Waals surface area contributed by atoms with Gasteiger partial charge >= 0.3 is 0 Å². The average Bonchev–Trinajstić information content (AvgIpc) is 3.05. The van der Waals surface area contributed by atoms with Gasteiger partial charge in [-0.25, -0.2) is 0 Å². The molecule has 3 aliphatic rings. The summed E-state index contributed by atoms with van der Waals surface area (Å²) in [5.74, 6) is 1.75. The number of allylic oxidation sites excluding steroid dienone is 4. The van der Waals surface area contributed by atoms with Gasteiger partial charge in [-0.3, -0.25) is 14.5 Å². The summed E-state index contributed by atoms with van der Waals surface area (Å²) in [6, 6.07) is 7.54. The summed E-state index contributed by atoms with van der Waals surface area (Å²) in [4.78, 5) is 31.1. The molecule has 2 saturated heterocycles. The Hall–Kier alpha value is -3.10. The minimum atomic E-state index is -0.736. The lowest BCUT2D eigenvalue weighted by molar-refractivity contribution is -0.161. The first-order chi connectivity index (χ1) is 18.2. The highest BCUT2D eigenvalue weighted by Gasteiger charge is 2.53. The van der Waals surface area contributed by atoms with Gasteiger partial charge in [-0.2, -0.15) is 0 Å². The molecule has 2 fully saturated rings. The number of hydroxylamine groups is 2. The summed E-state index contributed by atoms with van der Waals surface area (Å²) in [5.41, 5.74) is 1.02. The van der Waals surface area contributed by atoms with Crippen LogP contribution in [0.25, 0.3) is 0 Å². The number of hydrogen-bond donors (Lipinski definition) is 1. The van der Waals surface area contributed by atoms with E-state index >= 15 is 0 Å². The van der Waals surface area contributed by atoms with Crippen LogP contribution >= 0.6 is 0 Å². The quantitative estimate of drug-likeness (QED) is 0.507. The molecule has 0 radical (unpaired) electrons. The third-order valence-electron chi connectivity index (χ3n) is 7.71. The Morgan fingerprint density at radius 3 is 2.50 bits per heavy atom. The zero-order valence-corrected chi connectivity index (χ0v) is 23.1.